The SMILES string of the molecule is CCc1ccccc1NC(=O)COC(=O)[C@H](CC(C)C)N1C(=O)c2ccccc2C1=O. The van der Waals surface area contributed by atoms with E-state index in [1.165, 1.54) is 0 Å². The number of esters is 1. The third-order valence-corrected chi connectivity index (χ3v) is 5.12. The van der Waals surface area contributed by atoms with Crippen LogP contribution in [0.5, 0.6) is 0 Å². The number of para-hydroxylation sites is 1. The van der Waals surface area contributed by atoms with Gasteiger partial charge in [0.1, 0.15) is 6.04 Å². The fraction of sp³-hybridized carbons (Fsp3) is 0.333. The Bertz CT molecular complexity index is 980. The van der Waals surface area contributed by atoms with E-state index < -0.39 is 36.3 Å². The summed E-state index contributed by atoms with van der Waals surface area (Å²) in [5, 5.41) is 2.73. The highest BCUT2D eigenvalue weighted by molar-refractivity contribution is 6.22. The lowest BCUT2D eigenvalue weighted by atomic mass is 10.0. The van der Waals surface area contributed by atoms with Gasteiger partial charge in [-0.05, 0) is 42.5 Å². The van der Waals surface area contributed by atoms with Crippen molar-refractivity contribution in [2.24, 2.45) is 5.92 Å². The summed E-state index contributed by atoms with van der Waals surface area (Å²) in [6.45, 7) is 5.23. The topological polar surface area (TPSA) is 92.8 Å². The Morgan fingerprint density at radius 2 is 1.55 bits per heavy atom. The van der Waals surface area contributed by atoms with Crippen molar-refractivity contribution in [3.05, 3.63) is 65.2 Å². The van der Waals surface area contributed by atoms with Crippen LogP contribution in [-0.4, -0.2) is 41.2 Å². The molecule has 0 aliphatic carbocycles. The maximum absolute atomic E-state index is 12.8. The minimum absolute atomic E-state index is 0.0205. The van der Waals surface area contributed by atoms with Crippen molar-refractivity contribution < 1.29 is 23.9 Å². The molecule has 1 aliphatic heterocycles. The van der Waals surface area contributed by atoms with Gasteiger partial charge in [0.25, 0.3) is 17.7 Å². The summed E-state index contributed by atoms with van der Waals surface area (Å²) in [4.78, 5) is 51.7. The molecule has 3 rings (SSSR count). The van der Waals surface area contributed by atoms with Gasteiger partial charge in [0.2, 0.25) is 0 Å². The summed E-state index contributed by atoms with van der Waals surface area (Å²) in [6, 6.07) is 12.7. The molecule has 7 heteroatoms. The molecule has 0 saturated heterocycles. The number of carbonyl (C=O) groups excluding carboxylic acids is 4. The highest BCUT2D eigenvalue weighted by atomic mass is 16.5. The number of aryl methyl sites for hydroxylation is 1. The molecular formula is C24H26N2O5. The average molecular weight is 422 g/mol. The molecular weight excluding hydrogens is 396 g/mol. The maximum Gasteiger partial charge on any atom is 0.329 e. The average Bonchev–Trinajstić information content (AvgIpc) is 3.01. The minimum atomic E-state index is -1.09. The highest BCUT2D eigenvalue weighted by Gasteiger charge is 2.43. The summed E-state index contributed by atoms with van der Waals surface area (Å²) in [6.07, 6.45) is 0.983. The quantitative estimate of drug-likeness (QED) is 0.520. The highest BCUT2D eigenvalue weighted by Crippen LogP contribution is 2.27. The molecule has 0 spiro atoms. The van der Waals surface area contributed by atoms with E-state index in [9.17, 15) is 19.2 Å². The van der Waals surface area contributed by atoms with Crippen molar-refractivity contribution >= 4 is 29.4 Å². The summed E-state index contributed by atoms with van der Waals surface area (Å²) >= 11 is 0. The molecule has 1 N–H and O–H groups in total. The van der Waals surface area contributed by atoms with Gasteiger partial charge in [-0.1, -0.05) is 51.1 Å². The molecule has 0 saturated carbocycles. The molecule has 0 bridgehead atoms. The van der Waals surface area contributed by atoms with Crippen LogP contribution >= 0.6 is 0 Å². The second-order valence-corrected chi connectivity index (χ2v) is 7.84. The van der Waals surface area contributed by atoms with Gasteiger partial charge in [-0.15, -0.1) is 0 Å². The van der Waals surface area contributed by atoms with Crippen LogP contribution in [0, 0.1) is 5.92 Å². The van der Waals surface area contributed by atoms with Crippen molar-refractivity contribution in [2.45, 2.75) is 39.7 Å². The smallest absolute Gasteiger partial charge is 0.329 e. The molecule has 1 heterocycles. The Kier molecular flexibility index (Phi) is 6.84. The van der Waals surface area contributed by atoms with Crippen LogP contribution in [0.15, 0.2) is 48.5 Å². The van der Waals surface area contributed by atoms with Crippen LogP contribution in [0.25, 0.3) is 0 Å². The number of nitrogens with one attached hydrogen (secondary N) is 1. The summed E-state index contributed by atoms with van der Waals surface area (Å²) in [5.41, 5.74) is 2.15. The molecule has 2 aromatic rings. The Hall–Kier alpha value is -3.48. The second-order valence-electron chi connectivity index (χ2n) is 7.84. The van der Waals surface area contributed by atoms with Crippen molar-refractivity contribution in [1.82, 2.24) is 4.90 Å². The van der Waals surface area contributed by atoms with Gasteiger partial charge in [0, 0.05) is 5.69 Å². The first-order chi connectivity index (χ1) is 14.8. The molecule has 1 aliphatic rings. The van der Waals surface area contributed by atoms with Crippen molar-refractivity contribution in [3.8, 4) is 0 Å². The van der Waals surface area contributed by atoms with Gasteiger partial charge >= 0.3 is 5.97 Å². The van der Waals surface area contributed by atoms with Gasteiger partial charge in [-0.25, -0.2) is 4.79 Å². The molecule has 162 valence electrons. The number of hydrogen-bond acceptors (Lipinski definition) is 5. The lowest BCUT2D eigenvalue weighted by Crippen LogP contribution is -2.46. The first-order valence-corrected chi connectivity index (χ1v) is 10.3. The van der Waals surface area contributed by atoms with Crippen molar-refractivity contribution in [1.29, 1.82) is 0 Å². The standard InChI is InChI=1S/C24H26N2O5/c1-4-16-9-5-8-12-19(16)25-21(27)14-31-24(30)20(13-15(2)3)26-22(28)17-10-6-7-11-18(17)23(26)29/h5-12,15,20H,4,13-14H2,1-3H3,(H,25,27)/t20-/m0/s1. The number of benzene rings is 2. The van der Waals surface area contributed by atoms with Crippen molar-refractivity contribution in [2.75, 3.05) is 11.9 Å². The fourth-order valence-electron chi connectivity index (χ4n) is 3.61. The molecule has 31 heavy (non-hydrogen) atoms. The number of anilines is 1. The number of carbonyl (C=O) groups is 4. The number of rotatable bonds is 8. The van der Waals surface area contributed by atoms with Gasteiger partial charge in [0.15, 0.2) is 6.61 Å². The van der Waals surface area contributed by atoms with E-state index in [-0.39, 0.29) is 23.5 Å². The molecule has 0 radical (unpaired) electrons. The van der Waals surface area contributed by atoms with Gasteiger partial charge in [0.05, 0.1) is 11.1 Å². The van der Waals surface area contributed by atoms with E-state index in [1.54, 1.807) is 30.3 Å². The fourth-order valence-corrected chi connectivity index (χ4v) is 3.61. The van der Waals surface area contributed by atoms with Crippen LogP contribution in [-0.2, 0) is 20.7 Å². The summed E-state index contributed by atoms with van der Waals surface area (Å²) in [5.74, 6) is -2.29. The summed E-state index contributed by atoms with van der Waals surface area (Å²) in [7, 11) is 0. The van der Waals surface area contributed by atoms with E-state index in [4.69, 9.17) is 4.74 Å². The molecule has 2 aromatic carbocycles. The zero-order chi connectivity index (χ0) is 22.5. The normalized spacial score (nSPS) is 13.9. The van der Waals surface area contributed by atoms with Gasteiger partial charge < -0.3 is 10.1 Å². The number of ether oxygens (including phenoxy) is 1. The lowest BCUT2D eigenvalue weighted by molar-refractivity contribution is -0.151. The molecule has 0 aromatic heterocycles. The molecule has 7 nitrogen and oxygen atoms in total. The molecule has 0 unspecified atom stereocenters. The predicted octanol–water partition coefficient (Wildman–Crippen LogP) is 3.44. The van der Waals surface area contributed by atoms with Gasteiger partial charge in [-0.3, -0.25) is 19.3 Å². The van der Waals surface area contributed by atoms with Crippen LogP contribution in [0.4, 0.5) is 5.69 Å². The minimum Gasteiger partial charge on any atom is -0.454 e. The number of nitrogens with zero attached hydrogens (tertiary/aromatic N) is 1. The van der Waals surface area contributed by atoms with E-state index in [0.29, 0.717) is 5.69 Å². The van der Waals surface area contributed by atoms with Gasteiger partial charge in [-0.2, -0.15) is 0 Å². The lowest BCUT2D eigenvalue weighted by Gasteiger charge is -2.25. The summed E-state index contributed by atoms with van der Waals surface area (Å²) < 4.78 is 5.22. The molecule has 3 amide bonds. The first-order valence-electron chi connectivity index (χ1n) is 10.3. The molecule has 0 fully saturated rings. The predicted molar refractivity (Wildman–Crippen MR) is 116 cm³/mol. The third-order valence-electron chi connectivity index (χ3n) is 5.12. The first kappa shape index (κ1) is 22.2. The monoisotopic (exact) mass is 422 g/mol. The zero-order valence-corrected chi connectivity index (χ0v) is 17.9. The molecule has 1 atom stereocenters. The number of hydrogen-bond donors (Lipinski definition) is 1. The zero-order valence-electron chi connectivity index (χ0n) is 17.9. The number of fused-ring (bicyclic) bond motifs is 1. The van der Waals surface area contributed by atoms with E-state index in [2.05, 4.69) is 5.32 Å². The van der Waals surface area contributed by atoms with Crippen molar-refractivity contribution in [3.63, 3.8) is 0 Å². The number of imide groups is 1. The Morgan fingerprint density at radius 1 is 0.968 bits per heavy atom. The largest absolute Gasteiger partial charge is 0.454 e. The maximum atomic E-state index is 12.8. The Balaban J connectivity index is 1.70. The third kappa shape index (κ3) is 4.82. The van der Waals surface area contributed by atoms with E-state index in [0.717, 1.165) is 16.9 Å². The Labute approximate surface area is 181 Å². The van der Waals surface area contributed by atoms with E-state index in [1.807, 2.05) is 39.0 Å². The van der Waals surface area contributed by atoms with Crippen LogP contribution in [0.2, 0.25) is 0 Å². The number of amides is 3. The van der Waals surface area contributed by atoms with Crippen LogP contribution in [0.1, 0.15) is 53.5 Å². The van der Waals surface area contributed by atoms with Crippen LogP contribution < -0.4 is 5.32 Å². The second kappa shape index (κ2) is 9.55. The van der Waals surface area contributed by atoms with E-state index >= 15 is 0 Å². The van der Waals surface area contributed by atoms with Crippen LogP contribution in [0.3, 0.4) is 0 Å². The Morgan fingerprint density at radius 3 is 2.13 bits per heavy atom.